The fourth-order valence-corrected chi connectivity index (χ4v) is 6.46. The highest BCUT2D eigenvalue weighted by Crippen LogP contribution is 2.30. The van der Waals surface area contributed by atoms with Crippen molar-refractivity contribution < 1.29 is 23.9 Å². The molecule has 2 aliphatic rings. The summed E-state index contributed by atoms with van der Waals surface area (Å²) in [6.45, 7) is 2.23. The van der Waals surface area contributed by atoms with E-state index in [0.717, 1.165) is 25.7 Å². The standard InChI is InChI=1S/C29H40N4O5S/c1-37-12-11-32(29(36)26-10-5-13-39-26)23-16-25(27(34)31-18-21-7-3-6-20(14-21)17-30)33(19-23)28(35)22-8-4-9-24(15-22)38-2/h4-5,8-10,13,15,20-21,23,25H,3,6-7,11-12,14,16-19,30H2,1-2H3,(H,31,34). The van der Waals surface area contributed by atoms with Crippen LogP contribution in [0.3, 0.4) is 0 Å². The van der Waals surface area contributed by atoms with E-state index >= 15 is 0 Å². The maximum Gasteiger partial charge on any atom is 0.264 e. The molecule has 1 aliphatic heterocycles. The summed E-state index contributed by atoms with van der Waals surface area (Å²) in [4.78, 5) is 44.8. The number of benzene rings is 1. The Hall–Kier alpha value is -2.95. The summed E-state index contributed by atoms with van der Waals surface area (Å²) in [5, 5.41) is 5.00. The van der Waals surface area contributed by atoms with Crippen molar-refractivity contribution in [2.75, 3.05) is 47.0 Å². The quantitative estimate of drug-likeness (QED) is 0.440. The van der Waals surface area contributed by atoms with Crippen molar-refractivity contribution in [3.05, 3.63) is 52.2 Å². The number of ether oxygens (including phenoxy) is 2. The number of carbonyl (C=O) groups excluding carboxylic acids is 3. The lowest BCUT2D eigenvalue weighted by Gasteiger charge is -2.29. The van der Waals surface area contributed by atoms with Gasteiger partial charge in [0, 0.05) is 32.3 Å². The minimum Gasteiger partial charge on any atom is -0.497 e. The van der Waals surface area contributed by atoms with Crippen LogP contribution in [0.25, 0.3) is 0 Å². The third kappa shape index (κ3) is 7.17. The van der Waals surface area contributed by atoms with Crippen molar-refractivity contribution >= 4 is 29.1 Å². The maximum atomic E-state index is 13.7. The molecule has 10 heteroatoms. The Morgan fingerprint density at radius 2 is 1.95 bits per heavy atom. The van der Waals surface area contributed by atoms with Crippen molar-refractivity contribution in [2.24, 2.45) is 17.6 Å². The Bertz CT molecular complexity index is 1110. The number of amides is 3. The van der Waals surface area contributed by atoms with Crippen LogP contribution in [0.1, 0.15) is 52.1 Å². The third-order valence-electron chi connectivity index (χ3n) is 7.92. The summed E-state index contributed by atoms with van der Waals surface area (Å²) in [5.41, 5.74) is 6.35. The second-order valence-corrected chi connectivity index (χ2v) is 11.4. The lowest BCUT2D eigenvalue weighted by atomic mass is 9.81. The van der Waals surface area contributed by atoms with Crippen LogP contribution in [0, 0.1) is 11.8 Å². The fourth-order valence-electron chi connectivity index (χ4n) is 5.78. The van der Waals surface area contributed by atoms with Crippen LogP contribution in [-0.2, 0) is 9.53 Å². The first-order valence-corrected chi connectivity index (χ1v) is 14.6. The highest BCUT2D eigenvalue weighted by atomic mass is 32.1. The van der Waals surface area contributed by atoms with Crippen LogP contribution in [0.5, 0.6) is 5.75 Å². The Morgan fingerprint density at radius 1 is 1.13 bits per heavy atom. The summed E-state index contributed by atoms with van der Waals surface area (Å²) < 4.78 is 10.6. The molecule has 1 aromatic heterocycles. The number of methoxy groups -OCH3 is 2. The Labute approximate surface area is 234 Å². The second-order valence-electron chi connectivity index (χ2n) is 10.4. The minimum absolute atomic E-state index is 0.114. The third-order valence-corrected chi connectivity index (χ3v) is 8.78. The van der Waals surface area contributed by atoms with E-state index in [1.54, 1.807) is 54.4 Å². The van der Waals surface area contributed by atoms with Gasteiger partial charge in [0.2, 0.25) is 5.91 Å². The molecule has 4 unspecified atom stereocenters. The Balaban J connectivity index is 1.55. The Morgan fingerprint density at radius 3 is 2.67 bits per heavy atom. The van der Waals surface area contributed by atoms with Crippen LogP contribution in [0.4, 0.5) is 0 Å². The maximum absolute atomic E-state index is 13.7. The molecule has 4 atom stereocenters. The van der Waals surface area contributed by atoms with Crippen LogP contribution in [-0.4, -0.2) is 86.6 Å². The van der Waals surface area contributed by atoms with Gasteiger partial charge in [-0.1, -0.05) is 18.6 Å². The first-order chi connectivity index (χ1) is 18.9. The van der Waals surface area contributed by atoms with Gasteiger partial charge in [-0.05, 0) is 73.7 Å². The van der Waals surface area contributed by atoms with Gasteiger partial charge in [0.05, 0.1) is 24.6 Å². The Kier molecular flexibility index (Phi) is 10.4. The lowest BCUT2D eigenvalue weighted by molar-refractivity contribution is -0.125. The van der Waals surface area contributed by atoms with Gasteiger partial charge in [-0.2, -0.15) is 0 Å². The zero-order chi connectivity index (χ0) is 27.8. The van der Waals surface area contributed by atoms with E-state index in [-0.39, 0.29) is 30.3 Å². The largest absolute Gasteiger partial charge is 0.497 e. The number of hydrogen-bond acceptors (Lipinski definition) is 7. The molecule has 0 spiro atoms. The number of nitrogens with two attached hydrogens (primary N) is 1. The number of nitrogens with one attached hydrogen (secondary N) is 1. The summed E-state index contributed by atoms with van der Waals surface area (Å²) in [6.07, 6.45) is 4.70. The molecule has 9 nitrogen and oxygen atoms in total. The molecule has 4 rings (SSSR count). The molecule has 3 N–H and O–H groups in total. The fraction of sp³-hybridized carbons (Fsp3) is 0.552. The van der Waals surface area contributed by atoms with E-state index in [1.165, 1.54) is 11.3 Å². The van der Waals surface area contributed by atoms with Gasteiger partial charge < -0.3 is 30.3 Å². The first-order valence-electron chi connectivity index (χ1n) is 13.7. The average molecular weight is 557 g/mol. The normalized spacial score (nSPS) is 22.9. The van der Waals surface area contributed by atoms with E-state index in [0.29, 0.717) is 60.7 Å². The molecule has 2 aromatic rings. The number of rotatable bonds is 11. The highest BCUT2D eigenvalue weighted by Gasteiger charge is 2.43. The molecule has 39 heavy (non-hydrogen) atoms. The zero-order valence-electron chi connectivity index (χ0n) is 22.8. The molecule has 1 saturated carbocycles. The van der Waals surface area contributed by atoms with E-state index in [9.17, 15) is 14.4 Å². The second kappa shape index (κ2) is 13.9. The smallest absolute Gasteiger partial charge is 0.264 e. The van der Waals surface area contributed by atoms with Crippen LogP contribution in [0.2, 0.25) is 0 Å². The number of nitrogens with zero attached hydrogens (tertiary/aromatic N) is 2. The summed E-state index contributed by atoms with van der Waals surface area (Å²) in [6, 6.07) is 9.57. The molecule has 1 saturated heterocycles. The van der Waals surface area contributed by atoms with E-state index < -0.39 is 6.04 Å². The van der Waals surface area contributed by atoms with Crippen molar-refractivity contribution in [3.63, 3.8) is 0 Å². The number of thiophene rings is 1. The van der Waals surface area contributed by atoms with Gasteiger partial charge in [-0.25, -0.2) is 0 Å². The highest BCUT2D eigenvalue weighted by molar-refractivity contribution is 7.12. The molecule has 2 heterocycles. The van der Waals surface area contributed by atoms with Crippen molar-refractivity contribution in [2.45, 2.75) is 44.2 Å². The molecule has 1 aromatic carbocycles. The van der Waals surface area contributed by atoms with Gasteiger partial charge in [-0.3, -0.25) is 14.4 Å². The predicted molar refractivity (Wildman–Crippen MR) is 151 cm³/mol. The van der Waals surface area contributed by atoms with Gasteiger partial charge in [0.1, 0.15) is 11.8 Å². The van der Waals surface area contributed by atoms with Crippen molar-refractivity contribution in [1.29, 1.82) is 0 Å². The molecule has 0 radical (unpaired) electrons. The lowest BCUT2D eigenvalue weighted by Crippen LogP contribution is -2.47. The molecule has 212 valence electrons. The topological polar surface area (TPSA) is 114 Å². The van der Waals surface area contributed by atoms with E-state index in [2.05, 4.69) is 5.32 Å². The number of carbonyl (C=O) groups is 3. The molecule has 0 bridgehead atoms. The average Bonchev–Trinajstić information content (AvgIpc) is 3.67. The van der Waals surface area contributed by atoms with Crippen LogP contribution < -0.4 is 15.8 Å². The molecule has 3 amide bonds. The SMILES string of the molecule is COCCN(C(=O)c1cccs1)C1CC(C(=O)NCC2CCCC(CN)C2)N(C(=O)c2cccc(OC)c2)C1. The van der Waals surface area contributed by atoms with Gasteiger partial charge in [0.25, 0.3) is 11.8 Å². The monoisotopic (exact) mass is 556 g/mol. The van der Waals surface area contributed by atoms with E-state index in [1.807, 2.05) is 11.4 Å². The molecule has 2 fully saturated rings. The zero-order valence-corrected chi connectivity index (χ0v) is 23.7. The summed E-state index contributed by atoms with van der Waals surface area (Å²) in [7, 11) is 3.15. The van der Waals surface area contributed by atoms with E-state index in [4.69, 9.17) is 15.2 Å². The summed E-state index contributed by atoms with van der Waals surface area (Å²) in [5.74, 6) is 0.900. The molecular formula is C29H40N4O5S. The van der Waals surface area contributed by atoms with Crippen molar-refractivity contribution in [1.82, 2.24) is 15.1 Å². The predicted octanol–water partition coefficient (Wildman–Crippen LogP) is 3.01. The van der Waals surface area contributed by atoms with Gasteiger partial charge in [-0.15, -0.1) is 11.3 Å². The van der Waals surface area contributed by atoms with Gasteiger partial charge >= 0.3 is 0 Å². The minimum atomic E-state index is -0.691. The van der Waals surface area contributed by atoms with Crippen LogP contribution in [0.15, 0.2) is 41.8 Å². The number of hydrogen-bond donors (Lipinski definition) is 2. The molecular weight excluding hydrogens is 516 g/mol. The first kappa shape index (κ1) is 29.0. The summed E-state index contributed by atoms with van der Waals surface area (Å²) >= 11 is 1.38. The van der Waals surface area contributed by atoms with Crippen molar-refractivity contribution in [3.8, 4) is 5.75 Å². The van der Waals surface area contributed by atoms with Gasteiger partial charge in [0.15, 0.2) is 0 Å². The number of likely N-dealkylation sites (tertiary alicyclic amines) is 1. The van der Waals surface area contributed by atoms with Crippen LogP contribution >= 0.6 is 11.3 Å². The molecule has 1 aliphatic carbocycles.